The quantitative estimate of drug-likeness (QED) is 0.212. The van der Waals surface area contributed by atoms with Crippen molar-refractivity contribution in [1.82, 2.24) is 0 Å². The minimum atomic E-state index is -4.48. The van der Waals surface area contributed by atoms with Crippen LogP contribution >= 0.6 is 7.82 Å². The molecule has 0 radical (unpaired) electrons. The van der Waals surface area contributed by atoms with Crippen LogP contribution in [0.1, 0.15) is 83.3 Å². The van der Waals surface area contributed by atoms with Crippen LogP contribution in [0.4, 0.5) is 4.79 Å². The van der Waals surface area contributed by atoms with E-state index in [9.17, 15) is 19.4 Å². The van der Waals surface area contributed by atoms with Crippen LogP contribution in [0.5, 0.6) is 5.75 Å². The predicted molar refractivity (Wildman–Crippen MR) is 136 cm³/mol. The molecule has 1 aromatic rings. The van der Waals surface area contributed by atoms with Gasteiger partial charge in [-0.05, 0) is 98.3 Å². The van der Waals surface area contributed by atoms with Gasteiger partial charge >= 0.3 is 14.0 Å². The van der Waals surface area contributed by atoms with Crippen LogP contribution in [-0.4, -0.2) is 41.9 Å². The highest BCUT2D eigenvalue weighted by atomic mass is 31.2. The van der Waals surface area contributed by atoms with Crippen LogP contribution in [0, 0.1) is 23.2 Å². The molecule has 37 heavy (non-hydrogen) atoms. The molecule has 0 heterocycles. The number of phosphoric ester groups is 1. The molecule has 2 saturated carbocycles. The summed E-state index contributed by atoms with van der Waals surface area (Å²) in [5.74, 6) is 2.77. The van der Waals surface area contributed by atoms with Gasteiger partial charge < -0.3 is 24.2 Å². The van der Waals surface area contributed by atoms with E-state index in [1.54, 1.807) is 13.8 Å². The third kappa shape index (κ3) is 6.34. The van der Waals surface area contributed by atoms with Crippen LogP contribution in [0.2, 0.25) is 0 Å². The van der Waals surface area contributed by atoms with Crippen LogP contribution in [0.3, 0.4) is 0 Å². The molecule has 7 atom stereocenters. The summed E-state index contributed by atoms with van der Waals surface area (Å²) >= 11 is 0. The molecule has 0 bridgehead atoms. The van der Waals surface area contributed by atoms with Gasteiger partial charge in [-0.3, -0.25) is 0 Å². The van der Waals surface area contributed by atoms with E-state index in [1.807, 2.05) is 12.1 Å². The molecule has 0 spiro atoms. The molecule has 2 N–H and O–H groups in total. The molecule has 9 nitrogen and oxygen atoms in total. The van der Waals surface area contributed by atoms with E-state index in [2.05, 4.69) is 29.2 Å². The van der Waals surface area contributed by atoms with Gasteiger partial charge in [0.2, 0.25) is 6.79 Å². The SMILES string of the molecule is CCC[C@@H]1Cc2cc(OCOP(=O)(O)OCOC(=O)OC(C)C)ccc2[C@H]2CC[C@]3(C)[C@@H](O)CC[C@H]3[C@H]12. The molecule has 0 saturated heterocycles. The molecule has 1 unspecified atom stereocenters. The molecular weight excluding hydrogens is 499 g/mol. The lowest BCUT2D eigenvalue weighted by molar-refractivity contribution is -0.0394. The van der Waals surface area contributed by atoms with E-state index in [1.165, 1.54) is 11.1 Å². The number of benzene rings is 1. The fraction of sp³-hybridized carbons (Fsp3) is 0.741. The zero-order valence-electron chi connectivity index (χ0n) is 22.3. The summed E-state index contributed by atoms with van der Waals surface area (Å²) < 4.78 is 36.5. The van der Waals surface area contributed by atoms with Gasteiger partial charge in [-0.15, -0.1) is 0 Å². The van der Waals surface area contributed by atoms with E-state index >= 15 is 0 Å². The Morgan fingerprint density at radius 2 is 1.95 bits per heavy atom. The second-order valence-electron chi connectivity index (χ2n) is 11.2. The van der Waals surface area contributed by atoms with Gasteiger partial charge in [-0.1, -0.05) is 32.8 Å². The Morgan fingerprint density at radius 1 is 1.19 bits per heavy atom. The van der Waals surface area contributed by atoms with Gasteiger partial charge in [-0.2, -0.15) is 0 Å². The van der Waals surface area contributed by atoms with Crippen molar-refractivity contribution in [3.8, 4) is 5.75 Å². The van der Waals surface area contributed by atoms with Crippen molar-refractivity contribution in [2.75, 3.05) is 13.6 Å². The Morgan fingerprint density at radius 3 is 2.68 bits per heavy atom. The molecule has 1 aromatic carbocycles. The third-order valence-electron chi connectivity index (χ3n) is 8.65. The maximum absolute atomic E-state index is 12.0. The maximum Gasteiger partial charge on any atom is 0.510 e. The third-order valence-corrected chi connectivity index (χ3v) is 9.51. The normalized spacial score (nSPS) is 32.1. The summed E-state index contributed by atoms with van der Waals surface area (Å²) in [6.07, 6.45) is 5.84. The predicted octanol–water partition coefficient (Wildman–Crippen LogP) is 5.92. The van der Waals surface area contributed by atoms with E-state index < -0.39 is 27.6 Å². The minimum Gasteiger partial charge on any atom is -0.467 e. The number of hydrogen-bond donors (Lipinski definition) is 2. The van der Waals surface area contributed by atoms with Gasteiger partial charge in [0.25, 0.3) is 0 Å². The van der Waals surface area contributed by atoms with Crippen LogP contribution in [0.15, 0.2) is 18.2 Å². The largest absolute Gasteiger partial charge is 0.510 e. The number of carbonyl (C=O) groups excluding carboxylic acids is 1. The lowest BCUT2D eigenvalue weighted by atomic mass is 9.52. The smallest absolute Gasteiger partial charge is 0.467 e. The van der Waals surface area contributed by atoms with E-state index in [0.29, 0.717) is 29.4 Å². The number of rotatable bonds is 10. The maximum atomic E-state index is 12.0. The minimum absolute atomic E-state index is 0.0329. The Kier molecular flexibility index (Phi) is 8.91. The van der Waals surface area contributed by atoms with Gasteiger partial charge in [0.05, 0.1) is 12.2 Å². The fourth-order valence-electron chi connectivity index (χ4n) is 7.05. The van der Waals surface area contributed by atoms with Crippen molar-refractivity contribution in [3.05, 3.63) is 29.3 Å². The number of phosphoric acid groups is 1. The zero-order chi connectivity index (χ0) is 26.8. The summed E-state index contributed by atoms with van der Waals surface area (Å²) in [7, 11) is -4.48. The highest BCUT2D eigenvalue weighted by Gasteiger charge is 2.56. The van der Waals surface area contributed by atoms with Crippen molar-refractivity contribution >= 4 is 14.0 Å². The van der Waals surface area contributed by atoms with Crippen LogP contribution in [0.25, 0.3) is 0 Å². The van der Waals surface area contributed by atoms with E-state index in [0.717, 1.165) is 44.9 Å². The molecule has 10 heteroatoms. The molecule has 2 fully saturated rings. The summed E-state index contributed by atoms with van der Waals surface area (Å²) in [4.78, 5) is 21.1. The number of ether oxygens (including phenoxy) is 3. The average Bonchev–Trinajstić information content (AvgIpc) is 3.12. The highest BCUT2D eigenvalue weighted by molar-refractivity contribution is 7.47. The summed E-state index contributed by atoms with van der Waals surface area (Å²) in [5, 5.41) is 10.8. The summed E-state index contributed by atoms with van der Waals surface area (Å²) in [5.41, 5.74) is 2.67. The first kappa shape index (κ1) is 28.4. The molecular formula is C27H41O9P. The fourth-order valence-corrected chi connectivity index (χ4v) is 7.49. The first-order chi connectivity index (χ1) is 17.5. The molecule has 3 aliphatic carbocycles. The highest BCUT2D eigenvalue weighted by Crippen LogP contribution is 2.62. The monoisotopic (exact) mass is 540 g/mol. The lowest BCUT2D eigenvalue weighted by Crippen LogP contribution is -2.47. The average molecular weight is 541 g/mol. The Labute approximate surface area is 219 Å². The molecule has 0 amide bonds. The van der Waals surface area contributed by atoms with Crippen molar-refractivity contribution in [1.29, 1.82) is 0 Å². The van der Waals surface area contributed by atoms with Crippen LogP contribution < -0.4 is 4.74 Å². The standard InChI is InChI=1S/C27H41O9P/c1-5-6-18-13-19-14-20(32-15-34-37(30,31)35-16-33-26(29)36-17(2)3)7-8-21(19)22-11-12-27(4)23(25(18)22)9-10-24(27)28/h7-8,14,17-18,22-25,28H,5-6,9-13,15-16H2,1-4H3,(H,30,31)/t18-,22-,23+,24+,25-,27+/m1/s1. The second kappa shape index (κ2) is 11.6. The van der Waals surface area contributed by atoms with Gasteiger partial charge in [-0.25, -0.2) is 18.4 Å². The van der Waals surface area contributed by atoms with Gasteiger partial charge in [0.15, 0.2) is 6.79 Å². The first-order valence-corrected chi connectivity index (χ1v) is 14.9. The lowest BCUT2D eigenvalue weighted by Gasteiger charge is -2.53. The topological polar surface area (TPSA) is 121 Å². The van der Waals surface area contributed by atoms with Gasteiger partial charge in [0.1, 0.15) is 5.75 Å². The Bertz CT molecular complexity index is 998. The number of aliphatic hydroxyl groups excluding tert-OH is 1. The number of hydrogen-bond acceptors (Lipinski definition) is 8. The second-order valence-corrected chi connectivity index (χ2v) is 12.7. The molecule has 0 aliphatic heterocycles. The van der Waals surface area contributed by atoms with E-state index in [4.69, 9.17) is 14.0 Å². The van der Waals surface area contributed by atoms with Crippen LogP contribution in [-0.2, 0) is 29.5 Å². The molecule has 0 aromatic heterocycles. The van der Waals surface area contributed by atoms with Crippen molar-refractivity contribution in [2.45, 2.75) is 90.8 Å². The molecule has 4 rings (SSSR count). The number of carbonyl (C=O) groups is 1. The first-order valence-electron chi connectivity index (χ1n) is 13.4. The molecule has 208 valence electrons. The Hall–Kier alpha value is -1.64. The summed E-state index contributed by atoms with van der Waals surface area (Å²) in [6.45, 7) is 6.55. The van der Waals surface area contributed by atoms with E-state index in [-0.39, 0.29) is 17.6 Å². The van der Waals surface area contributed by atoms with Crippen molar-refractivity contribution in [3.63, 3.8) is 0 Å². The van der Waals surface area contributed by atoms with Crippen molar-refractivity contribution in [2.24, 2.45) is 23.2 Å². The number of aliphatic hydroxyl groups is 1. The number of fused-ring (bicyclic) bond motifs is 5. The Balaban J connectivity index is 1.36. The molecule has 3 aliphatic rings. The van der Waals surface area contributed by atoms with Gasteiger partial charge in [0, 0.05) is 0 Å². The summed E-state index contributed by atoms with van der Waals surface area (Å²) in [6, 6.07) is 6.02. The van der Waals surface area contributed by atoms with Crippen molar-refractivity contribution < 1.29 is 42.6 Å². The zero-order valence-corrected chi connectivity index (χ0v) is 23.2.